The van der Waals surface area contributed by atoms with Crippen molar-refractivity contribution in [3.05, 3.63) is 23.3 Å². The van der Waals surface area contributed by atoms with Gasteiger partial charge in [0.05, 0.1) is 0 Å². The molecule has 0 aliphatic carbocycles. The molecule has 1 N–H and O–H groups in total. The number of allylic oxidation sites excluding steroid dienone is 3. The van der Waals surface area contributed by atoms with E-state index in [4.69, 9.17) is 5.11 Å². The smallest absolute Gasteiger partial charge is 0.0468 e. The van der Waals surface area contributed by atoms with Gasteiger partial charge in [-0.3, -0.25) is 0 Å². The molecule has 0 fully saturated rings. The fraction of sp³-hybridized carbons (Fsp3) is 0.600. The summed E-state index contributed by atoms with van der Waals surface area (Å²) >= 11 is 0. The van der Waals surface area contributed by atoms with E-state index >= 15 is 0 Å². The van der Waals surface area contributed by atoms with Gasteiger partial charge in [-0.05, 0) is 33.6 Å². The minimum Gasteiger partial charge on any atom is -0.396 e. The van der Waals surface area contributed by atoms with E-state index < -0.39 is 0 Å². The Morgan fingerprint density at radius 3 is 2.27 bits per heavy atom. The Bertz CT molecular complexity index is 150. The van der Waals surface area contributed by atoms with Gasteiger partial charge in [-0.15, -0.1) is 0 Å². The molecule has 1 nitrogen and oxygen atoms in total. The molecule has 0 saturated heterocycles. The van der Waals surface area contributed by atoms with Gasteiger partial charge in [0.1, 0.15) is 0 Å². The summed E-state index contributed by atoms with van der Waals surface area (Å²) in [6, 6.07) is 0. The molecule has 0 bridgehead atoms. The average molecular weight is 154 g/mol. The quantitative estimate of drug-likeness (QED) is 0.617. The first kappa shape index (κ1) is 10.4. The fourth-order valence-electron chi connectivity index (χ4n) is 0.774. The van der Waals surface area contributed by atoms with E-state index in [1.807, 2.05) is 0 Å². The molecule has 0 aliphatic heterocycles. The highest BCUT2D eigenvalue weighted by molar-refractivity contribution is 5.04. The Morgan fingerprint density at radius 1 is 1.18 bits per heavy atom. The van der Waals surface area contributed by atoms with E-state index in [1.54, 1.807) is 0 Å². The van der Waals surface area contributed by atoms with Crippen molar-refractivity contribution in [1.29, 1.82) is 0 Å². The highest BCUT2D eigenvalue weighted by Gasteiger charge is 1.85. The summed E-state index contributed by atoms with van der Waals surface area (Å²) in [4.78, 5) is 0. The minimum absolute atomic E-state index is 0.261. The number of rotatable bonds is 4. The van der Waals surface area contributed by atoms with Gasteiger partial charge in [0.15, 0.2) is 0 Å². The summed E-state index contributed by atoms with van der Waals surface area (Å²) < 4.78 is 0. The third-order valence-electron chi connectivity index (χ3n) is 1.50. The van der Waals surface area contributed by atoms with Gasteiger partial charge in [-0.25, -0.2) is 0 Å². The average Bonchev–Trinajstić information content (AvgIpc) is 1.87. The van der Waals surface area contributed by atoms with E-state index in [2.05, 4.69) is 32.9 Å². The SMILES string of the molecule is CC(C)=CC/C=C(/C)CCO. The minimum atomic E-state index is 0.261. The van der Waals surface area contributed by atoms with Gasteiger partial charge in [-0.1, -0.05) is 23.3 Å². The lowest BCUT2D eigenvalue weighted by atomic mass is 10.1. The molecule has 11 heavy (non-hydrogen) atoms. The Morgan fingerprint density at radius 2 is 1.82 bits per heavy atom. The van der Waals surface area contributed by atoms with E-state index in [0.717, 1.165) is 12.8 Å². The molecular formula is C10H18O. The molecule has 0 radical (unpaired) electrons. The molecule has 0 aliphatic rings. The normalized spacial score (nSPS) is 11.5. The van der Waals surface area contributed by atoms with Crippen LogP contribution < -0.4 is 0 Å². The summed E-state index contributed by atoms with van der Waals surface area (Å²) in [7, 11) is 0. The topological polar surface area (TPSA) is 20.2 Å². The third-order valence-corrected chi connectivity index (χ3v) is 1.50. The van der Waals surface area contributed by atoms with Crippen molar-refractivity contribution in [2.75, 3.05) is 6.61 Å². The lowest BCUT2D eigenvalue weighted by Gasteiger charge is -1.95. The molecule has 0 spiro atoms. The zero-order valence-corrected chi connectivity index (χ0v) is 7.72. The summed E-state index contributed by atoms with van der Waals surface area (Å²) in [6.45, 7) is 6.50. The van der Waals surface area contributed by atoms with Crippen LogP contribution in [-0.2, 0) is 0 Å². The maximum Gasteiger partial charge on any atom is 0.0468 e. The molecule has 0 aromatic carbocycles. The summed E-state index contributed by atoms with van der Waals surface area (Å²) in [5.74, 6) is 0. The van der Waals surface area contributed by atoms with Crippen molar-refractivity contribution in [1.82, 2.24) is 0 Å². The molecule has 0 amide bonds. The van der Waals surface area contributed by atoms with Gasteiger partial charge in [0, 0.05) is 6.61 Å². The van der Waals surface area contributed by atoms with Crippen LogP contribution in [0.4, 0.5) is 0 Å². The van der Waals surface area contributed by atoms with Gasteiger partial charge in [-0.2, -0.15) is 0 Å². The first-order chi connectivity index (χ1) is 5.16. The van der Waals surface area contributed by atoms with E-state index in [0.29, 0.717) is 0 Å². The number of hydrogen-bond donors (Lipinski definition) is 1. The van der Waals surface area contributed by atoms with Gasteiger partial charge >= 0.3 is 0 Å². The lowest BCUT2D eigenvalue weighted by molar-refractivity contribution is 0.299. The van der Waals surface area contributed by atoms with Crippen LogP contribution in [0.3, 0.4) is 0 Å². The Hall–Kier alpha value is -0.560. The molecular weight excluding hydrogens is 136 g/mol. The van der Waals surface area contributed by atoms with Crippen molar-refractivity contribution in [2.45, 2.75) is 33.6 Å². The second-order valence-electron chi connectivity index (χ2n) is 3.04. The van der Waals surface area contributed by atoms with Crippen molar-refractivity contribution in [3.8, 4) is 0 Å². The van der Waals surface area contributed by atoms with E-state index in [9.17, 15) is 0 Å². The van der Waals surface area contributed by atoms with E-state index in [-0.39, 0.29) is 6.61 Å². The molecule has 0 saturated carbocycles. The summed E-state index contributed by atoms with van der Waals surface area (Å²) in [5, 5.41) is 8.59. The highest BCUT2D eigenvalue weighted by atomic mass is 16.2. The van der Waals surface area contributed by atoms with Gasteiger partial charge in [0.25, 0.3) is 0 Å². The Kier molecular flexibility index (Phi) is 5.86. The predicted molar refractivity (Wildman–Crippen MR) is 49.5 cm³/mol. The van der Waals surface area contributed by atoms with Crippen LogP contribution >= 0.6 is 0 Å². The first-order valence-corrected chi connectivity index (χ1v) is 4.06. The van der Waals surface area contributed by atoms with Crippen LogP contribution in [0.5, 0.6) is 0 Å². The largest absolute Gasteiger partial charge is 0.396 e. The molecule has 0 aromatic heterocycles. The fourth-order valence-corrected chi connectivity index (χ4v) is 0.774. The van der Waals surface area contributed by atoms with Gasteiger partial charge in [0.2, 0.25) is 0 Å². The van der Waals surface area contributed by atoms with Crippen LogP contribution in [0.25, 0.3) is 0 Å². The molecule has 0 rings (SSSR count). The Labute approximate surface area is 69.4 Å². The van der Waals surface area contributed by atoms with Crippen LogP contribution in [0.15, 0.2) is 23.3 Å². The van der Waals surface area contributed by atoms with Crippen LogP contribution in [0, 0.1) is 0 Å². The second-order valence-corrected chi connectivity index (χ2v) is 3.04. The van der Waals surface area contributed by atoms with E-state index in [1.165, 1.54) is 11.1 Å². The van der Waals surface area contributed by atoms with Crippen LogP contribution in [0.2, 0.25) is 0 Å². The highest BCUT2D eigenvalue weighted by Crippen LogP contribution is 2.02. The molecule has 0 unspecified atom stereocenters. The van der Waals surface area contributed by atoms with Crippen molar-refractivity contribution < 1.29 is 5.11 Å². The predicted octanol–water partition coefficient (Wildman–Crippen LogP) is 2.67. The number of hydrogen-bond acceptors (Lipinski definition) is 1. The lowest BCUT2D eigenvalue weighted by Crippen LogP contribution is -1.83. The summed E-state index contributed by atoms with van der Waals surface area (Å²) in [6.07, 6.45) is 6.13. The monoisotopic (exact) mass is 154 g/mol. The third kappa shape index (κ3) is 7.34. The standard InChI is InChI=1S/C10H18O/c1-9(2)5-4-6-10(3)7-8-11/h5-6,11H,4,7-8H2,1-3H3/b10-6-. The molecule has 0 atom stereocenters. The van der Waals surface area contributed by atoms with Crippen molar-refractivity contribution in [3.63, 3.8) is 0 Å². The van der Waals surface area contributed by atoms with Gasteiger partial charge < -0.3 is 5.11 Å². The first-order valence-electron chi connectivity index (χ1n) is 4.06. The molecule has 0 aromatic rings. The zero-order chi connectivity index (χ0) is 8.69. The molecule has 64 valence electrons. The summed E-state index contributed by atoms with van der Waals surface area (Å²) in [5.41, 5.74) is 2.61. The maximum atomic E-state index is 8.59. The molecule has 0 heterocycles. The number of aliphatic hydroxyl groups is 1. The van der Waals surface area contributed by atoms with Crippen molar-refractivity contribution in [2.24, 2.45) is 0 Å². The maximum absolute atomic E-state index is 8.59. The van der Waals surface area contributed by atoms with Crippen LogP contribution in [-0.4, -0.2) is 11.7 Å². The Balaban J connectivity index is 3.64. The molecule has 1 heteroatoms. The second kappa shape index (κ2) is 6.17. The van der Waals surface area contributed by atoms with Crippen LogP contribution in [0.1, 0.15) is 33.6 Å². The van der Waals surface area contributed by atoms with Crippen molar-refractivity contribution >= 4 is 0 Å². The zero-order valence-electron chi connectivity index (χ0n) is 7.72. The number of aliphatic hydroxyl groups excluding tert-OH is 1.